The number of hydrogen-bond acceptors (Lipinski definition) is 13. The zero-order chi connectivity index (χ0) is 40.8. The number of ether oxygens (including phenoxy) is 1. The summed E-state index contributed by atoms with van der Waals surface area (Å²) < 4.78 is 8.41. The molecule has 4 aromatic rings. The predicted octanol–water partition coefficient (Wildman–Crippen LogP) is 4.47. The molecule has 0 aliphatic carbocycles. The minimum absolute atomic E-state index is 0.157. The number of piperidine rings is 3. The van der Waals surface area contributed by atoms with Gasteiger partial charge in [0.2, 0.25) is 17.8 Å². The second-order valence-corrected chi connectivity index (χ2v) is 17.6. The van der Waals surface area contributed by atoms with Crippen molar-refractivity contribution >= 4 is 68.0 Å². The number of carbonyl (C=O) groups excluding carboxylic acids is 3. The van der Waals surface area contributed by atoms with Crippen molar-refractivity contribution < 1.29 is 19.1 Å². The molecule has 2 N–H and O–H groups in total. The lowest BCUT2D eigenvalue weighted by Gasteiger charge is -2.43. The standard InChI is InChI=1S/C42H53BrN12O4/c1-26(2)55-34-22-36(46-35-6-11-44-42(47-35)53-14-9-30(59-3)10-15-53)45-23-31(34)39(49-55)52-12-7-29(8-13-52)51-18-16-50(17-19-51)24-27-20-28-25-54(41(58)38(28)32(43)21-27)33-4-5-37(56)48-40(33)57/h6,11,20-23,26,29-30,33H,4-5,7-10,12-19,24-25H2,1-3H3,(H,48,56,57)(H,44,45,46,47). The first-order valence-corrected chi connectivity index (χ1v) is 21.8. The van der Waals surface area contributed by atoms with Gasteiger partial charge in [-0.05, 0) is 85.1 Å². The SMILES string of the molecule is COC1CCN(c2nccc(Nc3cc4c(cn3)c(N3CCC(N5CCN(Cc6cc(Br)c7c(c6)CN(C6CCC(=O)NC6=O)C7=O)CC5)CC3)nn4C(C)C)n2)CC1. The first kappa shape index (κ1) is 39.7. The summed E-state index contributed by atoms with van der Waals surface area (Å²) in [6.07, 6.45) is 8.74. The summed E-state index contributed by atoms with van der Waals surface area (Å²) in [4.78, 5) is 63.2. The molecule has 312 valence electrons. The molecule has 3 amide bonds. The van der Waals surface area contributed by atoms with Gasteiger partial charge in [0.15, 0.2) is 5.82 Å². The van der Waals surface area contributed by atoms with Gasteiger partial charge in [0.25, 0.3) is 5.91 Å². The second-order valence-electron chi connectivity index (χ2n) is 16.8. The van der Waals surface area contributed by atoms with Gasteiger partial charge in [-0.2, -0.15) is 10.1 Å². The Balaban J connectivity index is 0.793. The highest BCUT2D eigenvalue weighted by molar-refractivity contribution is 9.10. The van der Waals surface area contributed by atoms with Crippen LogP contribution in [0, 0.1) is 0 Å². The van der Waals surface area contributed by atoms with Crippen LogP contribution in [0.4, 0.5) is 23.4 Å². The van der Waals surface area contributed by atoms with E-state index in [0.717, 1.165) is 129 Å². The Morgan fingerprint density at radius 1 is 0.915 bits per heavy atom. The Morgan fingerprint density at radius 2 is 1.68 bits per heavy atom. The number of hydrogen-bond donors (Lipinski definition) is 2. The van der Waals surface area contributed by atoms with E-state index in [1.807, 2.05) is 18.3 Å². The molecule has 1 atom stereocenters. The zero-order valence-corrected chi connectivity index (χ0v) is 35.7. The average Bonchev–Trinajstić information content (AvgIpc) is 3.79. The Morgan fingerprint density at radius 3 is 2.41 bits per heavy atom. The van der Waals surface area contributed by atoms with E-state index in [0.29, 0.717) is 36.5 Å². The van der Waals surface area contributed by atoms with E-state index >= 15 is 0 Å². The molecule has 9 rings (SSSR count). The van der Waals surface area contributed by atoms with Crippen molar-refractivity contribution in [3.05, 3.63) is 57.8 Å². The highest BCUT2D eigenvalue weighted by Gasteiger charge is 2.40. The number of rotatable bonds is 10. The molecule has 0 spiro atoms. The summed E-state index contributed by atoms with van der Waals surface area (Å²) in [5.74, 6) is 2.33. The number of pyridine rings is 1. The van der Waals surface area contributed by atoms with Crippen LogP contribution >= 0.6 is 15.9 Å². The lowest BCUT2D eigenvalue weighted by Crippen LogP contribution is -2.53. The highest BCUT2D eigenvalue weighted by Crippen LogP contribution is 2.35. The molecule has 5 aliphatic rings. The molecule has 4 saturated heterocycles. The van der Waals surface area contributed by atoms with Gasteiger partial charge in [0, 0.05) is 114 Å². The summed E-state index contributed by atoms with van der Waals surface area (Å²) in [7, 11) is 1.78. The summed E-state index contributed by atoms with van der Waals surface area (Å²) in [6.45, 7) is 13.1. The van der Waals surface area contributed by atoms with Crippen molar-refractivity contribution in [1.82, 2.24) is 44.7 Å². The third-order valence-corrected chi connectivity index (χ3v) is 13.4. The van der Waals surface area contributed by atoms with E-state index in [2.05, 4.69) is 81.8 Å². The maximum absolute atomic E-state index is 13.3. The van der Waals surface area contributed by atoms with Crippen LogP contribution in [0.1, 0.15) is 79.9 Å². The molecule has 0 bridgehead atoms. The number of carbonyl (C=O) groups is 3. The molecular weight excluding hydrogens is 816 g/mol. The third-order valence-electron chi connectivity index (χ3n) is 12.7. The van der Waals surface area contributed by atoms with Gasteiger partial charge >= 0.3 is 0 Å². The van der Waals surface area contributed by atoms with E-state index in [1.54, 1.807) is 18.2 Å². The number of nitrogens with one attached hydrogen (secondary N) is 2. The van der Waals surface area contributed by atoms with Gasteiger partial charge < -0.3 is 24.8 Å². The van der Waals surface area contributed by atoms with Crippen LogP contribution in [0.3, 0.4) is 0 Å². The number of anilines is 4. The normalized spacial score (nSPS) is 21.5. The van der Waals surface area contributed by atoms with Crippen molar-refractivity contribution in [3.8, 4) is 0 Å². The number of nitrogens with zero attached hydrogens (tertiary/aromatic N) is 10. The number of piperazine rings is 1. The number of halogens is 1. The molecular formula is C42H53BrN12O4. The second kappa shape index (κ2) is 16.7. The van der Waals surface area contributed by atoms with Crippen LogP contribution < -0.4 is 20.4 Å². The van der Waals surface area contributed by atoms with Gasteiger partial charge in [-0.15, -0.1) is 0 Å². The lowest BCUT2D eigenvalue weighted by molar-refractivity contribution is -0.136. The minimum atomic E-state index is -0.617. The zero-order valence-electron chi connectivity index (χ0n) is 34.1. The van der Waals surface area contributed by atoms with E-state index < -0.39 is 6.04 Å². The van der Waals surface area contributed by atoms with Gasteiger partial charge in [-0.1, -0.05) is 6.07 Å². The lowest BCUT2D eigenvalue weighted by atomic mass is 10.0. The number of benzene rings is 1. The molecule has 0 radical (unpaired) electrons. The quantitative estimate of drug-likeness (QED) is 0.216. The van der Waals surface area contributed by atoms with Crippen molar-refractivity contribution in [2.75, 3.05) is 74.6 Å². The van der Waals surface area contributed by atoms with Crippen molar-refractivity contribution in [2.45, 2.75) is 89.7 Å². The van der Waals surface area contributed by atoms with Crippen LogP contribution in [-0.4, -0.2) is 135 Å². The fourth-order valence-corrected chi connectivity index (χ4v) is 10.2. The summed E-state index contributed by atoms with van der Waals surface area (Å²) in [5, 5.41) is 12.0. The smallest absolute Gasteiger partial charge is 0.256 e. The first-order chi connectivity index (χ1) is 28.6. The Bertz CT molecular complexity index is 2230. The number of amides is 3. The number of imide groups is 1. The molecule has 17 heteroatoms. The largest absolute Gasteiger partial charge is 0.381 e. The minimum Gasteiger partial charge on any atom is -0.381 e. The Hall–Kier alpha value is -4.71. The monoisotopic (exact) mass is 868 g/mol. The van der Waals surface area contributed by atoms with Crippen LogP contribution in [0.2, 0.25) is 0 Å². The summed E-state index contributed by atoms with van der Waals surface area (Å²) in [5.41, 5.74) is 3.76. The van der Waals surface area contributed by atoms with Gasteiger partial charge in [-0.25, -0.2) is 9.97 Å². The van der Waals surface area contributed by atoms with Crippen molar-refractivity contribution in [2.24, 2.45) is 0 Å². The highest BCUT2D eigenvalue weighted by atomic mass is 79.9. The van der Waals surface area contributed by atoms with E-state index in [-0.39, 0.29) is 30.2 Å². The average molecular weight is 870 g/mol. The number of aromatic nitrogens is 5. The van der Waals surface area contributed by atoms with Crippen molar-refractivity contribution in [3.63, 3.8) is 0 Å². The maximum Gasteiger partial charge on any atom is 0.256 e. The molecule has 59 heavy (non-hydrogen) atoms. The van der Waals surface area contributed by atoms with Gasteiger partial charge in [-0.3, -0.25) is 34.2 Å². The number of methoxy groups -OCH3 is 1. The fraction of sp³-hybridized carbons (Fsp3) is 0.548. The van der Waals surface area contributed by atoms with E-state index in [9.17, 15) is 14.4 Å². The van der Waals surface area contributed by atoms with Crippen molar-refractivity contribution in [1.29, 1.82) is 0 Å². The molecule has 5 aliphatic heterocycles. The molecule has 3 aromatic heterocycles. The maximum atomic E-state index is 13.3. The van der Waals surface area contributed by atoms with Crippen LogP contribution in [0.15, 0.2) is 41.1 Å². The predicted molar refractivity (Wildman–Crippen MR) is 228 cm³/mol. The topological polar surface area (TPSA) is 157 Å². The van der Waals surface area contributed by atoms with Gasteiger partial charge in [0.1, 0.15) is 17.7 Å². The summed E-state index contributed by atoms with van der Waals surface area (Å²) >= 11 is 3.66. The third kappa shape index (κ3) is 8.13. The van der Waals surface area contributed by atoms with Gasteiger partial charge in [0.05, 0.1) is 22.6 Å². The summed E-state index contributed by atoms with van der Waals surface area (Å²) in [6, 6.07) is 8.23. The fourth-order valence-electron chi connectivity index (χ4n) is 9.50. The van der Waals surface area contributed by atoms with Crippen LogP contribution in [0.25, 0.3) is 10.9 Å². The Labute approximate surface area is 352 Å². The molecule has 8 heterocycles. The first-order valence-electron chi connectivity index (χ1n) is 21.0. The molecule has 1 aromatic carbocycles. The number of fused-ring (bicyclic) bond motifs is 2. The molecule has 4 fully saturated rings. The molecule has 16 nitrogen and oxygen atoms in total. The van der Waals surface area contributed by atoms with Crippen LogP contribution in [-0.2, 0) is 27.4 Å². The Kier molecular flexibility index (Phi) is 11.3. The van der Waals surface area contributed by atoms with E-state index in [1.165, 1.54) is 0 Å². The molecule has 1 unspecified atom stereocenters. The molecule has 0 saturated carbocycles. The van der Waals surface area contributed by atoms with Crippen LogP contribution in [0.5, 0.6) is 0 Å². The van der Waals surface area contributed by atoms with E-state index in [4.69, 9.17) is 19.8 Å².